The van der Waals surface area contributed by atoms with Crippen LogP contribution in [-0.4, -0.2) is 58.0 Å². The summed E-state index contributed by atoms with van der Waals surface area (Å²) in [5.74, 6) is -0.330. The zero-order valence-electron chi connectivity index (χ0n) is 26.9. The van der Waals surface area contributed by atoms with Crippen LogP contribution in [0.2, 0.25) is 5.02 Å². The SMILES string of the molecule is CC[C@@H](C)NC(=O)[C@@H](Cc1ccccc1)N(Cc1cccc(Cl)c1)C(=O)CN(c1ccccc1)S(=O)(=O)c1ccc(OC)c(OC)c1. The summed E-state index contributed by atoms with van der Waals surface area (Å²) >= 11 is 6.32. The number of carbonyl (C=O) groups excluding carboxylic acids is 2. The first kappa shape index (κ1) is 35.3. The van der Waals surface area contributed by atoms with E-state index in [1.807, 2.05) is 50.2 Å². The Bertz CT molecular complexity index is 1760. The molecule has 0 saturated heterocycles. The molecule has 2 amide bonds. The van der Waals surface area contributed by atoms with Crippen LogP contribution in [0, 0.1) is 0 Å². The van der Waals surface area contributed by atoms with Gasteiger partial charge in [-0.25, -0.2) is 8.42 Å². The van der Waals surface area contributed by atoms with Crippen LogP contribution < -0.4 is 19.1 Å². The Morgan fingerprint density at radius 1 is 0.830 bits per heavy atom. The minimum absolute atomic E-state index is 0.0177. The molecule has 4 rings (SSSR count). The normalized spacial score (nSPS) is 12.4. The van der Waals surface area contributed by atoms with Gasteiger partial charge >= 0.3 is 0 Å². The Labute approximate surface area is 282 Å². The molecule has 9 nitrogen and oxygen atoms in total. The van der Waals surface area contributed by atoms with E-state index in [1.165, 1.54) is 37.3 Å². The molecule has 0 aliphatic carbocycles. The van der Waals surface area contributed by atoms with Crippen LogP contribution in [0.25, 0.3) is 0 Å². The average molecular weight is 678 g/mol. The number of para-hydroxylation sites is 1. The minimum Gasteiger partial charge on any atom is -0.493 e. The van der Waals surface area contributed by atoms with Gasteiger partial charge in [-0.2, -0.15) is 0 Å². The van der Waals surface area contributed by atoms with Crippen LogP contribution in [0.1, 0.15) is 31.4 Å². The van der Waals surface area contributed by atoms with E-state index < -0.39 is 28.5 Å². The molecule has 0 aliphatic rings. The highest BCUT2D eigenvalue weighted by molar-refractivity contribution is 7.92. The van der Waals surface area contributed by atoms with Gasteiger partial charge in [-0.05, 0) is 60.9 Å². The number of hydrogen-bond acceptors (Lipinski definition) is 6. The molecule has 0 heterocycles. The fourth-order valence-corrected chi connectivity index (χ4v) is 6.70. The number of hydrogen-bond donors (Lipinski definition) is 1. The fourth-order valence-electron chi connectivity index (χ4n) is 5.05. The predicted molar refractivity (Wildman–Crippen MR) is 184 cm³/mol. The summed E-state index contributed by atoms with van der Waals surface area (Å²) in [6.45, 7) is 3.29. The molecular weight excluding hydrogens is 638 g/mol. The number of sulfonamides is 1. The molecule has 0 unspecified atom stereocenters. The third kappa shape index (κ3) is 9.05. The molecule has 4 aromatic carbocycles. The first-order chi connectivity index (χ1) is 22.6. The highest BCUT2D eigenvalue weighted by Crippen LogP contribution is 2.32. The Morgan fingerprint density at radius 2 is 1.47 bits per heavy atom. The lowest BCUT2D eigenvalue weighted by Crippen LogP contribution is -2.54. The summed E-state index contributed by atoms with van der Waals surface area (Å²) in [5.41, 5.74) is 1.81. The van der Waals surface area contributed by atoms with Crippen molar-refractivity contribution in [3.8, 4) is 11.5 Å². The molecule has 0 saturated carbocycles. The predicted octanol–water partition coefficient (Wildman–Crippen LogP) is 6.11. The van der Waals surface area contributed by atoms with E-state index in [9.17, 15) is 18.0 Å². The summed E-state index contributed by atoms with van der Waals surface area (Å²) in [5, 5.41) is 3.50. The molecule has 0 aromatic heterocycles. The second-order valence-electron chi connectivity index (χ2n) is 11.0. The second kappa shape index (κ2) is 16.3. The van der Waals surface area contributed by atoms with Crippen LogP contribution in [-0.2, 0) is 32.6 Å². The van der Waals surface area contributed by atoms with E-state index in [1.54, 1.807) is 48.5 Å². The van der Waals surface area contributed by atoms with Gasteiger partial charge in [0.05, 0.1) is 24.8 Å². The summed E-state index contributed by atoms with van der Waals surface area (Å²) in [6, 6.07) is 28.0. The molecular formula is C36H40ClN3O6S. The number of carbonyl (C=O) groups is 2. The molecule has 0 bridgehead atoms. The van der Waals surface area contributed by atoms with E-state index in [0.717, 1.165) is 9.87 Å². The molecule has 248 valence electrons. The third-order valence-corrected chi connectivity index (χ3v) is 9.79. The van der Waals surface area contributed by atoms with E-state index in [2.05, 4.69) is 5.32 Å². The number of benzene rings is 4. The van der Waals surface area contributed by atoms with E-state index in [0.29, 0.717) is 22.8 Å². The van der Waals surface area contributed by atoms with Crippen molar-refractivity contribution in [1.82, 2.24) is 10.2 Å². The third-order valence-electron chi connectivity index (χ3n) is 7.78. The van der Waals surface area contributed by atoms with Crippen molar-refractivity contribution in [2.24, 2.45) is 0 Å². The van der Waals surface area contributed by atoms with E-state index in [4.69, 9.17) is 21.1 Å². The van der Waals surface area contributed by atoms with Gasteiger partial charge in [0.2, 0.25) is 11.8 Å². The second-order valence-corrected chi connectivity index (χ2v) is 13.3. The number of anilines is 1. The maximum absolute atomic E-state index is 14.6. The maximum atomic E-state index is 14.6. The van der Waals surface area contributed by atoms with Gasteiger partial charge in [0, 0.05) is 30.1 Å². The molecule has 11 heteroatoms. The van der Waals surface area contributed by atoms with Crippen molar-refractivity contribution in [2.75, 3.05) is 25.1 Å². The monoisotopic (exact) mass is 677 g/mol. The lowest BCUT2D eigenvalue weighted by atomic mass is 10.0. The Kier molecular flexibility index (Phi) is 12.3. The molecule has 0 spiro atoms. The number of methoxy groups -OCH3 is 2. The van der Waals surface area contributed by atoms with Crippen LogP contribution >= 0.6 is 11.6 Å². The number of rotatable bonds is 15. The largest absolute Gasteiger partial charge is 0.493 e. The maximum Gasteiger partial charge on any atom is 0.264 e. The van der Waals surface area contributed by atoms with E-state index in [-0.39, 0.29) is 41.2 Å². The van der Waals surface area contributed by atoms with Crippen molar-refractivity contribution >= 4 is 39.1 Å². The zero-order valence-corrected chi connectivity index (χ0v) is 28.5. The van der Waals surface area contributed by atoms with Gasteiger partial charge in [-0.1, -0.05) is 79.2 Å². The lowest BCUT2D eigenvalue weighted by molar-refractivity contribution is -0.140. The average Bonchev–Trinajstić information content (AvgIpc) is 3.08. The van der Waals surface area contributed by atoms with E-state index >= 15 is 0 Å². The van der Waals surface area contributed by atoms with Crippen molar-refractivity contribution in [3.63, 3.8) is 0 Å². The molecule has 2 atom stereocenters. The summed E-state index contributed by atoms with van der Waals surface area (Å²) < 4.78 is 40.3. The van der Waals surface area contributed by atoms with Crippen LogP contribution in [0.3, 0.4) is 0 Å². The number of halogens is 1. The molecule has 4 aromatic rings. The van der Waals surface area contributed by atoms with Crippen molar-refractivity contribution in [2.45, 2.75) is 50.2 Å². The first-order valence-corrected chi connectivity index (χ1v) is 17.1. The molecule has 0 aliphatic heterocycles. The van der Waals surface area contributed by atoms with Gasteiger partial charge in [0.25, 0.3) is 10.0 Å². The molecule has 0 radical (unpaired) electrons. The topological polar surface area (TPSA) is 105 Å². The Balaban J connectivity index is 1.81. The van der Waals surface area contributed by atoms with Crippen LogP contribution in [0.4, 0.5) is 5.69 Å². The van der Waals surface area contributed by atoms with Crippen molar-refractivity contribution in [1.29, 1.82) is 0 Å². The summed E-state index contributed by atoms with van der Waals surface area (Å²) in [6.07, 6.45) is 0.903. The van der Waals surface area contributed by atoms with Crippen molar-refractivity contribution in [3.05, 3.63) is 119 Å². The number of nitrogens with zero attached hydrogens (tertiary/aromatic N) is 2. The highest BCUT2D eigenvalue weighted by atomic mass is 35.5. The number of amides is 2. The molecule has 1 N–H and O–H groups in total. The lowest BCUT2D eigenvalue weighted by Gasteiger charge is -2.34. The van der Waals surface area contributed by atoms with Crippen LogP contribution in [0.15, 0.2) is 108 Å². The highest BCUT2D eigenvalue weighted by Gasteiger charge is 2.35. The van der Waals surface area contributed by atoms with Gasteiger partial charge in [0.15, 0.2) is 11.5 Å². The minimum atomic E-state index is -4.32. The molecule has 0 fully saturated rings. The standard InChI is InChI=1S/C36H40ClN3O6S/c1-5-26(2)38-36(42)32(22-27-13-8-6-9-14-27)39(24-28-15-12-16-29(37)21-28)35(41)25-40(30-17-10-7-11-18-30)47(43,44)31-19-20-33(45-3)34(23-31)46-4/h6-21,23,26,32H,5,22,24-25H2,1-4H3,(H,38,42)/t26-,32-/m1/s1. The van der Waals surface area contributed by atoms with Gasteiger partial charge in [0.1, 0.15) is 12.6 Å². The Morgan fingerprint density at radius 3 is 2.09 bits per heavy atom. The summed E-state index contributed by atoms with van der Waals surface area (Å²) in [4.78, 5) is 29.9. The first-order valence-electron chi connectivity index (χ1n) is 15.2. The van der Waals surface area contributed by atoms with Crippen LogP contribution in [0.5, 0.6) is 11.5 Å². The zero-order chi connectivity index (χ0) is 34.0. The van der Waals surface area contributed by atoms with Gasteiger partial charge in [-0.3, -0.25) is 13.9 Å². The number of ether oxygens (including phenoxy) is 2. The fraction of sp³-hybridized carbons (Fsp3) is 0.278. The smallest absolute Gasteiger partial charge is 0.264 e. The quantitative estimate of drug-likeness (QED) is 0.163. The molecule has 47 heavy (non-hydrogen) atoms. The van der Waals surface area contributed by atoms with Crippen molar-refractivity contribution < 1.29 is 27.5 Å². The van der Waals surface area contributed by atoms with Gasteiger partial charge in [-0.15, -0.1) is 0 Å². The number of nitrogens with one attached hydrogen (secondary N) is 1. The summed E-state index contributed by atoms with van der Waals surface area (Å²) in [7, 11) is -1.45. The van der Waals surface area contributed by atoms with Gasteiger partial charge < -0.3 is 19.7 Å². The Hall–Kier alpha value is -4.54.